The monoisotopic (exact) mass is 339 g/mol. The number of benzene rings is 2. The van der Waals surface area contributed by atoms with E-state index >= 15 is 0 Å². The fourth-order valence-electron chi connectivity index (χ4n) is 1.78. The second-order valence-corrected chi connectivity index (χ2v) is 5.62. The van der Waals surface area contributed by atoms with Crippen molar-refractivity contribution in [3.63, 3.8) is 0 Å². The predicted molar refractivity (Wildman–Crippen MR) is 82.7 cm³/mol. The number of rotatable bonds is 5. The van der Waals surface area contributed by atoms with Gasteiger partial charge in [0.25, 0.3) is 0 Å². The van der Waals surface area contributed by atoms with Gasteiger partial charge in [0.05, 0.1) is 0 Å². The first-order chi connectivity index (χ1) is 9.15. The molecule has 0 saturated carbocycles. The van der Waals surface area contributed by atoms with Crippen LogP contribution in [0.2, 0.25) is 5.02 Å². The van der Waals surface area contributed by atoms with Crippen molar-refractivity contribution < 1.29 is 5.11 Å². The van der Waals surface area contributed by atoms with Gasteiger partial charge in [0.2, 0.25) is 0 Å². The van der Waals surface area contributed by atoms with E-state index in [1.165, 1.54) is 11.1 Å². The van der Waals surface area contributed by atoms with Crippen LogP contribution in [0.3, 0.4) is 0 Å². The molecule has 0 radical (unpaired) electrons. The first-order valence-corrected chi connectivity index (χ1v) is 7.25. The first kappa shape index (κ1) is 14.4. The molecule has 100 valence electrons. The van der Waals surface area contributed by atoms with Gasteiger partial charge in [-0.3, -0.25) is 0 Å². The largest absolute Gasteiger partial charge is 0.508 e. The van der Waals surface area contributed by atoms with Crippen LogP contribution in [0.15, 0.2) is 46.9 Å². The quantitative estimate of drug-likeness (QED) is 0.802. The lowest BCUT2D eigenvalue weighted by Crippen LogP contribution is -2.16. The maximum absolute atomic E-state index is 9.20. The smallest absolute Gasteiger partial charge is 0.115 e. The predicted octanol–water partition coefficient (Wildman–Crippen LogP) is 4.14. The summed E-state index contributed by atoms with van der Waals surface area (Å²) in [7, 11) is 0. The lowest BCUT2D eigenvalue weighted by atomic mass is 10.1. The zero-order valence-corrected chi connectivity index (χ0v) is 12.7. The van der Waals surface area contributed by atoms with E-state index < -0.39 is 0 Å². The van der Waals surface area contributed by atoms with Crippen LogP contribution in [0.25, 0.3) is 0 Å². The third kappa shape index (κ3) is 4.53. The molecule has 0 unspecified atom stereocenters. The Morgan fingerprint density at radius 2 is 1.84 bits per heavy atom. The molecule has 2 N–H and O–H groups in total. The SMILES string of the molecule is Oc1ccc(CCNCc2ccc(Cl)cc2Br)cc1. The van der Waals surface area contributed by atoms with E-state index in [-0.39, 0.29) is 0 Å². The van der Waals surface area contributed by atoms with Crippen molar-refractivity contribution in [2.45, 2.75) is 13.0 Å². The average molecular weight is 341 g/mol. The molecular formula is C15H15BrClNO. The Morgan fingerprint density at radius 3 is 2.53 bits per heavy atom. The first-order valence-electron chi connectivity index (χ1n) is 6.08. The Hall–Kier alpha value is -1.03. The Balaban J connectivity index is 1.79. The Kier molecular flexibility index (Phi) is 5.25. The fourth-order valence-corrected chi connectivity index (χ4v) is 2.61. The third-order valence-corrected chi connectivity index (χ3v) is 3.83. The normalized spacial score (nSPS) is 10.6. The summed E-state index contributed by atoms with van der Waals surface area (Å²) in [5.41, 5.74) is 2.40. The Bertz CT molecular complexity index is 542. The zero-order valence-electron chi connectivity index (χ0n) is 10.4. The molecule has 2 nitrogen and oxygen atoms in total. The van der Waals surface area contributed by atoms with Gasteiger partial charge in [-0.05, 0) is 48.4 Å². The number of nitrogens with one attached hydrogen (secondary N) is 1. The average Bonchev–Trinajstić information content (AvgIpc) is 2.39. The van der Waals surface area contributed by atoms with E-state index in [1.54, 1.807) is 12.1 Å². The van der Waals surface area contributed by atoms with Gasteiger partial charge >= 0.3 is 0 Å². The third-order valence-electron chi connectivity index (χ3n) is 2.86. The molecule has 0 heterocycles. The van der Waals surface area contributed by atoms with Crippen LogP contribution in [0.5, 0.6) is 5.75 Å². The molecule has 0 aromatic heterocycles. The molecule has 0 aliphatic carbocycles. The highest BCUT2D eigenvalue weighted by Gasteiger charge is 2.00. The van der Waals surface area contributed by atoms with Crippen LogP contribution in [-0.2, 0) is 13.0 Å². The van der Waals surface area contributed by atoms with Crippen molar-refractivity contribution in [3.8, 4) is 5.75 Å². The number of hydrogen-bond donors (Lipinski definition) is 2. The van der Waals surface area contributed by atoms with Crippen LogP contribution < -0.4 is 5.32 Å². The molecule has 0 saturated heterocycles. The molecule has 4 heteroatoms. The van der Waals surface area contributed by atoms with Crippen molar-refractivity contribution in [1.82, 2.24) is 5.32 Å². The minimum Gasteiger partial charge on any atom is -0.508 e. The highest BCUT2D eigenvalue weighted by atomic mass is 79.9. The van der Waals surface area contributed by atoms with Crippen molar-refractivity contribution in [2.24, 2.45) is 0 Å². The second-order valence-electron chi connectivity index (χ2n) is 4.33. The van der Waals surface area contributed by atoms with Gasteiger partial charge in [-0.2, -0.15) is 0 Å². The Morgan fingerprint density at radius 1 is 1.11 bits per heavy atom. The van der Waals surface area contributed by atoms with Crippen molar-refractivity contribution >= 4 is 27.5 Å². The lowest BCUT2D eigenvalue weighted by molar-refractivity contribution is 0.475. The molecule has 0 fully saturated rings. The molecule has 0 aliphatic heterocycles. The van der Waals surface area contributed by atoms with E-state index in [0.717, 1.165) is 29.0 Å². The molecular weight excluding hydrogens is 326 g/mol. The summed E-state index contributed by atoms with van der Waals surface area (Å²) in [4.78, 5) is 0. The van der Waals surface area contributed by atoms with Gasteiger partial charge in [-0.15, -0.1) is 0 Å². The minimum absolute atomic E-state index is 0.307. The highest BCUT2D eigenvalue weighted by Crippen LogP contribution is 2.21. The number of hydrogen-bond acceptors (Lipinski definition) is 2. The molecule has 0 aliphatic rings. The second kappa shape index (κ2) is 6.94. The fraction of sp³-hybridized carbons (Fsp3) is 0.200. The Labute approximate surface area is 126 Å². The topological polar surface area (TPSA) is 32.3 Å². The summed E-state index contributed by atoms with van der Waals surface area (Å²) in [6.07, 6.45) is 0.936. The van der Waals surface area contributed by atoms with Gasteiger partial charge in [0.15, 0.2) is 0 Å². The molecule has 19 heavy (non-hydrogen) atoms. The molecule has 0 amide bonds. The summed E-state index contributed by atoms with van der Waals surface area (Å²) in [5, 5.41) is 13.3. The number of phenols is 1. The van der Waals surface area contributed by atoms with Gasteiger partial charge in [-0.25, -0.2) is 0 Å². The van der Waals surface area contributed by atoms with E-state index in [1.807, 2.05) is 30.3 Å². The summed E-state index contributed by atoms with van der Waals surface area (Å²) >= 11 is 9.40. The number of aromatic hydroxyl groups is 1. The lowest BCUT2D eigenvalue weighted by Gasteiger charge is -2.07. The summed E-state index contributed by atoms with van der Waals surface area (Å²) in [5.74, 6) is 0.307. The molecule has 0 atom stereocenters. The molecule has 0 spiro atoms. The van der Waals surface area contributed by atoms with Crippen LogP contribution in [-0.4, -0.2) is 11.7 Å². The van der Waals surface area contributed by atoms with Crippen LogP contribution in [0.1, 0.15) is 11.1 Å². The summed E-state index contributed by atoms with van der Waals surface area (Å²) < 4.78 is 1.03. The van der Waals surface area contributed by atoms with Crippen LogP contribution in [0.4, 0.5) is 0 Å². The summed E-state index contributed by atoms with van der Waals surface area (Å²) in [6, 6.07) is 13.1. The standard InChI is InChI=1S/C15H15BrClNO/c16-15-9-13(17)4-3-12(15)10-18-8-7-11-1-5-14(19)6-2-11/h1-6,9,18-19H,7-8,10H2. The number of halogens is 2. The van der Waals surface area contributed by atoms with E-state index in [2.05, 4.69) is 21.2 Å². The molecule has 2 aromatic rings. The summed E-state index contributed by atoms with van der Waals surface area (Å²) in [6.45, 7) is 1.69. The molecule has 2 rings (SSSR count). The van der Waals surface area contributed by atoms with E-state index in [4.69, 9.17) is 11.6 Å². The van der Waals surface area contributed by atoms with E-state index in [9.17, 15) is 5.11 Å². The van der Waals surface area contributed by atoms with Gasteiger partial charge in [-0.1, -0.05) is 45.7 Å². The van der Waals surface area contributed by atoms with Crippen LogP contribution >= 0.6 is 27.5 Å². The van der Waals surface area contributed by atoms with Crippen molar-refractivity contribution in [2.75, 3.05) is 6.54 Å². The van der Waals surface area contributed by atoms with Gasteiger partial charge in [0.1, 0.15) is 5.75 Å². The van der Waals surface area contributed by atoms with Gasteiger partial charge in [0, 0.05) is 16.0 Å². The van der Waals surface area contributed by atoms with Crippen molar-refractivity contribution in [1.29, 1.82) is 0 Å². The number of phenolic OH excluding ortho intramolecular Hbond substituents is 1. The molecule has 2 aromatic carbocycles. The minimum atomic E-state index is 0.307. The maximum Gasteiger partial charge on any atom is 0.115 e. The molecule has 0 bridgehead atoms. The zero-order chi connectivity index (χ0) is 13.7. The maximum atomic E-state index is 9.20. The van der Waals surface area contributed by atoms with Crippen LogP contribution in [0, 0.1) is 0 Å². The van der Waals surface area contributed by atoms with Crippen molar-refractivity contribution in [3.05, 3.63) is 63.1 Å². The van der Waals surface area contributed by atoms with Gasteiger partial charge < -0.3 is 10.4 Å². The highest BCUT2D eigenvalue weighted by molar-refractivity contribution is 9.10. The van der Waals surface area contributed by atoms with E-state index in [0.29, 0.717) is 5.75 Å².